The minimum absolute atomic E-state index is 0.0156. The molecule has 2 N–H and O–H groups in total. The van der Waals surface area contributed by atoms with E-state index >= 15 is 0 Å². The van der Waals surface area contributed by atoms with Crippen LogP contribution in [0.5, 0.6) is 5.75 Å². The van der Waals surface area contributed by atoms with Crippen LogP contribution in [0.1, 0.15) is 0 Å². The van der Waals surface area contributed by atoms with Crippen LogP contribution >= 0.6 is 11.3 Å². The van der Waals surface area contributed by atoms with E-state index < -0.39 is 34.8 Å². The fraction of sp³-hybridized carbons (Fsp3) is 0.130. The molecule has 1 heterocycles. The smallest absolute Gasteiger partial charge is 0.265 e. The van der Waals surface area contributed by atoms with Crippen molar-refractivity contribution in [1.29, 1.82) is 0 Å². The molecular formula is C23H24N2O7S4. The predicted octanol–water partition coefficient (Wildman–Crippen LogP) is 4.17. The molecule has 13 heteroatoms. The molecule has 0 saturated carbocycles. The van der Waals surface area contributed by atoms with Gasteiger partial charge in [0.25, 0.3) is 10.0 Å². The lowest BCUT2D eigenvalue weighted by molar-refractivity contribution is 0.402. The van der Waals surface area contributed by atoms with Crippen molar-refractivity contribution in [2.75, 3.05) is 29.1 Å². The first-order valence-electron chi connectivity index (χ1n) is 10.2. The Morgan fingerprint density at radius 2 is 1.36 bits per heavy atom. The number of ether oxygens (including phenoxy) is 1. The summed E-state index contributed by atoms with van der Waals surface area (Å²) in [6.07, 6.45) is 1.88. The van der Waals surface area contributed by atoms with E-state index in [1.54, 1.807) is 11.3 Å². The molecular weight excluding hydrogens is 545 g/mol. The van der Waals surface area contributed by atoms with Gasteiger partial charge in [0.15, 0.2) is 9.84 Å². The molecule has 4 aromatic rings. The minimum atomic E-state index is -4.29. The number of para-hydroxylation sites is 2. The van der Waals surface area contributed by atoms with Crippen molar-refractivity contribution in [3.05, 3.63) is 78.2 Å². The Kier molecular flexibility index (Phi) is 8.29. The van der Waals surface area contributed by atoms with E-state index in [9.17, 15) is 25.3 Å². The zero-order valence-corrected chi connectivity index (χ0v) is 22.8. The van der Waals surface area contributed by atoms with Crippen LogP contribution < -0.4 is 14.2 Å². The molecule has 0 spiro atoms. The topological polar surface area (TPSA) is 136 Å². The summed E-state index contributed by atoms with van der Waals surface area (Å²) in [6, 6.07) is 19.7. The van der Waals surface area contributed by atoms with Crippen LogP contribution in [0, 0.1) is 0 Å². The molecule has 0 radical (unpaired) electrons. The van der Waals surface area contributed by atoms with Gasteiger partial charge in [0.05, 0.1) is 29.6 Å². The number of hydrogen-bond donors (Lipinski definition) is 2. The van der Waals surface area contributed by atoms with E-state index in [2.05, 4.69) is 45.2 Å². The maximum absolute atomic E-state index is 12.8. The summed E-state index contributed by atoms with van der Waals surface area (Å²) >= 11 is 1.79. The summed E-state index contributed by atoms with van der Waals surface area (Å²) in [5, 5.41) is 3.47. The van der Waals surface area contributed by atoms with E-state index in [0.29, 0.717) is 0 Å². The van der Waals surface area contributed by atoms with Crippen LogP contribution in [0.25, 0.3) is 10.1 Å². The maximum Gasteiger partial charge on any atom is 0.265 e. The summed E-state index contributed by atoms with van der Waals surface area (Å²) in [5.74, 6) is -0.0662. The van der Waals surface area contributed by atoms with Gasteiger partial charge in [0, 0.05) is 11.0 Å². The molecule has 4 rings (SSSR count). The summed E-state index contributed by atoms with van der Waals surface area (Å²) in [7, 11) is -10.4. The van der Waals surface area contributed by atoms with Gasteiger partial charge in [-0.3, -0.25) is 9.44 Å². The van der Waals surface area contributed by atoms with Crippen LogP contribution in [0.15, 0.2) is 88.0 Å². The van der Waals surface area contributed by atoms with Crippen LogP contribution in [0.3, 0.4) is 0 Å². The van der Waals surface area contributed by atoms with Gasteiger partial charge in [-0.05, 0) is 53.2 Å². The first kappa shape index (κ1) is 27.5. The predicted molar refractivity (Wildman–Crippen MR) is 144 cm³/mol. The first-order chi connectivity index (χ1) is 16.8. The number of methoxy groups -OCH3 is 1. The summed E-state index contributed by atoms with van der Waals surface area (Å²) in [4.78, 5) is -0.603. The first-order valence-corrected chi connectivity index (χ1v) is 16.3. The number of fused-ring (bicyclic) bond motifs is 1. The second kappa shape index (κ2) is 10.9. The molecule has 0 atom stereocenters. The van der Waals surface area contributed by atoms with Crippen LogP contribution in [-0.4, -0.2) is 44.9 Å². The van der Waals surface area contributed by atoms with Crippen LogP contribution in [0.2, 0.25) is 0 Å². The third-order valence-corrected chi connectivity index (χ3v) is 8.67. The lowest BCUT2D eigenvalue weighted by Gasteiger charge is -2.15. The van der Waals surface area contributed by atoms with E-state index in [1.165, 1.54) is 53.6 Å². The SMILES string of the molecule is COc1ccc(S(C)(=O)=O)cc1S(=O)(=O)Nc1ccccc1NS(C)(=O)=O.c1ccc2sccc2c1. The van der Waals surface area contributed by atoms with Crippen molar-refractivity contribution in [3.8, 4) is 5.75 Å². The molecule has 0 aliphatic heterocycles. The van der Waals surface area contributed by atoms with E-state index in [-0.39, 0.29) is 22.0 Å². The third-order valence-electron chi connectivity index (χ3n) is 4.68. The lowest BCUT2D eigenvalue weighted by atomic mass is 10.3. The summed E-state index contributed by atoms with van der Waals surface area (Å²) < 4.78 is 82.9. The van der Waals surface area contributed by atoms with Gasteiger partial charge in [-0.1, -0.05) is 30.3 Å². The summed E-state index contributed by atoms with van der Waals surface area (Å²) in [6.45, 7) is 0. The van der Waals surface area contributed by atoms with Gasteiger partial charge in [-0.25, -0.2) is 25.3 Å². The Balaban J connectivity index is 0.000000331. The Morgan fingerprint density at radius 3 is 1.94 bits per heavy atom. The Hall–Kier alpha value is -3.13. The average molecular weight is 569 g/mol. The maximum atomic E-state index is 12.8. The number of sulfone groups is 1. The third kappa shape index (κ3) is 7.20. The molecule has 0 bridgehead atoms. The summed E-state index contributed by atoms with van der Waals surface area (Å²) in [5.41, 5.74) is -0.0171. The fourth-order valence-corrected chi connectivity index (χ4v) is 6.43. The number of anilines is 2. The van der Waals surface area contributed by atoms with Crippen molar-refractivity contribution in [3.63, 3.8) is 0 Å². The fourth-order valence-electron chi connectivity index (χ4n) is 3.06. The van der Waals surface area contributed by atoms with Crippen LogP contribution in [-0.2, 0) is 29.9 Å². The molecule has 9 nitrogen and oxygen atoms in total. The molecule has 192 valence electrons. The zero-order chi connectivity index (χ0) is 26.6. The molecule has 0 fully saturated rings. The molecule has 0 saturated heterocycles. The Morgan fingerprint density at radius 1 is 0.750 bits per heavy atom. The second-order valence-corrected chi connectivity index (χ2v) is 13.9. The molecule has 0 unspecified atom stereocenters. The highest BCUT2D eigenvalue weighted by Gasteiger charge is 2.24. The highest BCUT2D eigenvalue weighted by Crippen LogP contribution is 2.31. The Labute approximate surface area is 214 Å². The monoisotopic (exact) mass is 568 g/mol. The number of rotatable bonds is 7. The average Bonchev–Trinajstić information content (AvgIpc) is 3.28. The van der Waals surface area contributed by atoms with Gasteiger partial charge in [-0.15, -0.1) is 11.3 Å². The number of sulfonamides is 2. The van der Waals surface area contributed by atoms with Crippen molar-refractivity contribution in [2.45, 2.75) is 9.79 Å². The Bertz CT molecular complexity index is 1670. The normalized spacial score (nSPS) is 11.9. The molecule has 36 heavy (non-hydrogen) atoms. The standard InChI is InChI=1S/C15H18N2O7S3.C8H6S/c1-24-14-9-8-11(25(2,18)19)10-15(14)27(22,23)17-13-7-5-4-6-12(13)16-26(3,20)21;1-2-4-8-7(3-1)5-6-9-8/h4-10,16-17H,1-3H3;1-6H. The highest BCUT2D eigenvalue weighted by molar-refractivity contribution is 7.93. The van der Waals surface area contributed by atoms with Gasteiger partial charge in [0.2, 0.25) is 10.0 Å². The largest absolute Gasteiger partial charge is 0.495 e. The molecule has 0 amide bonds. The number of nitrogens with one attached hydrogen (secondary N) is 2. The van der Waals surface area contributed by atoms with Gasteiger partial charge < -0.3 is 4.74 Å². The molecule has 1 aromatic heterocycles. The number of benzene rings is 3. The van der Waals surface area contributed by atoms with Gasteiger partial charge >= 0.3 is 0 Å². The zero-order valence-electron chi connectivity index (χ0n) is 19.5. The van der Waals surface area contributed by atoms with E-state index in [1.807, 2.05) is 0 Å². The number of hydrogen-bond acceptors (Lipinski definition) is 8. The molecule has 0 aliphatic carbocycles. The number of thiophene rings is 1. The molecule has 3 aromatic carbocycles. The van der Waals surface area contributed by atoms with Crippen molar-refractivity contribution < 1.29 is 30.0 Å². The van der Waals surface area contributed by atoms with Crippen molar-refractivity contribution >= 4 is 62.7 Å². The van der Waals surface area contributed by atoms with Crippen molar-refractivity contribution in [2.24, 2.45) is 0 Å². The highest BCUT2D eigenvalue weighted by atomic mass is 32.2. The lowest BCUT2D eigenvalue weighted by Crippen LogP contribution is -2.17. The van der Waals surface area contributed by atoms with E-state index in [4.69, 9.17) is 4.74 Å². The van der Waals surface area contributed by atoms with Crippen LogP contribution in [0.4, 0.5) is 11.4 Å². The van der Waals surface area contributed by atoms with E-state index in [0.717, 1.165) is 18.6 Å². The van der Waals surface area contributed by atoms with Crippen molar-refractivity contribution in [1.82, 2.24) is 0 Å². The van der Waals surface area contributed by atoms with Gasteiger partial charge in [0.1, 0.15) is 10.6 Å². The second-order valence-electron chi connectivity index (χ2n) is 7.57. The molecule has 0 aliphatic rings. The minimum Gasteiger partial charge on any atom is -0.495 e. The van der Waals surface area contributed by atoms with Gasteiger partial charge in [-0.2, -0.15) is 0 Å². The quantitative estimate of drug-likeness (QED) is 0.341.